The molecule has 0 bridgehead atoms. The fraction of sp³-hybridized carbons (Fsp3) is 0.636. The molecular weight excluding hydrogens is 206 g/mol. The van der Waals surface area contributed by atoms with Gasteiger partial charge in [-0.1, -0.05) is 0 Å². The molecule has 1 saturated heterocycles. The summed E-state index contributed by atoms with van der Waals surface area (Å²) in [5.41, 5.74) is 0.125. The monoisotopic (exact) mass is 223 g/mol. The van der Waals surface area contributed by atoms with Crippen LogP contribution in [0.3, 0.4) is 0 Å². The number of nitrogens with zero attached hydrogens (tertiary/aromatic N) is 2. The third kappa shape index (κ3) is 2.55. The lowest BCUT2D eigenvalue weighted by molar-refractivity contribution is -0.0263. The minimum absolute atomic E-state index is 0.109. The van der Waals surface area contributed by atoms with Crippen molar-refractivity contribution in [1.82, 2.24) is 15.3 Å². The SMILES string of the molecule is CC1OCCC1(O)CNCc1cnccn1. The van der Waals surface area contributed by atoms with Gasteiger partial charge in [0.1, 0.15) is 5.60 Å². The number of nitrogens with one attached hydrogen (secondary N) is 1. The Balaban J connectivity index is 1.80. The highest BCUT2D eigenvalue weighted by molar-refractivity contribution is 4.96. The van der Waals surface area contributed by atoms with Gasteiger partial charge in [0.15, 0.2) is 0 Å². The van der Waals surface area contributed by atoms with Crippen LogP contribution in [0.15, 0.2) is 18.6 Å². The fourth-order valence-corrected chi connectivity index (χ4v) is 1.83. The van der Waals surface area contributed by atoms with Gasteiger partial charge in [0.2, 0.25) is 0 Å². The maximum absolute atomic E-state index is 10.2. The van der Waals surface area contributed by atoms with Gasteiger partial charge in [0.05, 0.1) is 11.8 Å². The lowest BCUT2D eigenvalue weighted by Gasteiger charge is -2.26. The van der Waals surface area contributed by atoms with E-state index < -0.39 is 5.60 Å². The molecule has 2 rings (SSSR count). The minimum atomic E-state index is -0.748. The van der Waals surface area contributed by atoms with E-state index in [1.807, 2.05) is 6.92 Å². The van der Waals surface area contributed by atoms with Crippen LogP contribution in [0.2, 0.25) is 0 Å². The van der Waals surface area contributed by atoms with E-state index in [0.29, 0.717) is 26.1 Å². The van der Waals surface area contributed by atoms with Crippen molar-refractivity contribution in [1.29, 1.82) is 0 Å². The Morgan fingerprint density at radius 2 is 2.50 bits per heavy atom. The molecule has 5 heteroatoms. The number of rotatable bonds is 4. The van der Waals surface area contributed by atoms with Crippen LogP contribution in [0, 0.1) is 0 Å². The first kappa shape index (κ1) is 11.4. The zero-order valence-corrected chi connectivity index (χ0v) is 9.39. The first-order valence-electron chi connectivity index (χ1n) is 5.50. The highest BCUT2D eigenvalue weighted by Crippen LogP contribution is 2.24. The first-order chi connectivity index (χ1) is 7.71. The van der Waals surface area contributed by atoms with E-state index in [1.165, 1.54) is 0 Å². The summed E-state index contributed by atoms with van der Waals surface area (Å²) in [7, 11) is 0. The van der Waals surface area contributed by atoms with E-state index in [2.05, 4.69) is 15.3 Å². The van der Waals surface area contributed by atoms with Crippen LogP contribution in [0.1, 0.15) is 19.0 Å². The second kappa shape index (κ2) is 4.86. The third-order valence-electron chi connectivity index (χ3n) is 3.01. The Bertz CT molecular complexity index is 333. The van der Waals surface area contributed by atoms with Gasteiger partial charge in [-0.05, 0) is 6.92 Å². The van der Waals surface area contributed by atoms with Crippen LogP contribution in [-0.2, 0) is 11.3 Å². The standard InChI is InChI=1S/C11H17N3O2/c1-9-11(15,2-5-16-9)8-13-7-10-6-12-3-4-14-10/h3-4,6,9,13,15H,2,5,7-8H2,1H3. The molecule has 2 unspecified atom stereocenters. The fourth-order valence-electron chi connectivity index (χ4n) is 1.83. The number of hydrogen-bond donors (Lipinski definition) is 2. The highest BCUT2D eigenvalue weighted by Gasteiger charge is 2.38. The second-order valence-corrected chi connectivity index (χ2v) is 4.17. The smallest absolute Gasteiger partial charge is 0.105 e. The van der Waals surface area contributed by atoms with Crippen molar-refractivity contribution in [2.45, 2.75) is 31.6 Å². The summed E-state index contributed by atoms with van der Waals surface area (Å²) in [5, 5.41) is 13.4. The Kier molecular flexibility index (Phi) is 3.48. The Morgan fingerprint density at radius 1 is 1.62 bits per heavy atom. The van der Waals surface area contributed by atoms with Crippen molar-refractivity contribution >= 4 is 0 Å². The van der Waals surface area contributed by atoms with Crippen LogP contribution in [0.25, 0.3) is 0 Å². The van der Waals surface area contributed by atoms with Crippen molar-refractivity contribution in [2.24, 2.45) is 0 Å². The zero-order chi connectivity index (χ0) is 11.4. The van der Waals surface area contributed by atoms with Crippen molar-refractivity contribution in [3.63, 3.8) is 0 Å². The molecule has 2 atom stereocenters. The van der Waals surface area contributed by atoms with E-state index in [4.69, 9.17) is 4.74 Å². The molecule has 88 valence electrons. The van der Waals surface area contributed by atoms with E-state index in [9.17, 15) is 5.11 Å². The van der Waals surface area contributed by atoms with Gasteiger partial charge in [0, 0.05) is 44.7 Å². The number of hydrogen-bond acceptors (Lipinski definition) is 5. The summed E-state index contributed by atoms with van der Waals surface area (Å²) in [6, 6.07) is 0. The molecule has 0 radical (unpaired) electrons. The predicted octanol–water partition coefficient (Wildman–Crippen LogP) is 0.106. The molecule has 1 aliphatic heterocycles. The summed E-state index contributed by atoms with van der Waals surface area (Å²) in [4.78, 5) is 8.12. The lowest BCUT2D eigenvalue weighted by atomic mass is 9.97. The van der Waals surface area contributed by atoms with Crippen molar-refractivity contribution in [2.75, 3.05) is 13.2 Å². The summed E-state index contributed by atoms with van der Waals surface area (Å²) in [6.45, 7) is 3.66. The number of aromatic nitrogens is 2. The Labute approximate surface area is 94.9 Å². The maximum atomic E-state index is 10.2. The van der Waals surface area contributed by atoms with Gasteiger partial charge < -0.3 is 15.2 Å². The lowest BCUT2D eigenvalue weighted by Crippen LogP contribution is -2.45. The molecule has 1 fully saturated rings. The molecule has 2 N–H and O–H groups in total. The van der Waals surface area contributed by atoms with Crippen molar-refractivity contribution in [3.8, 4) is 0 Å². The molecule has 0 amide bonds. The van der Waals surface area contributed by atoms with Gasteiger partial charge in [-0.25, -0.2) is 0 Å². The molecule has 0 saturated carbocycles. The highest BCUT2D eigenvalue weighted by atomic mass is 16.5. The van der Waals surface area contributed by atoms with Crippen molar-refractivity contribution in [3.05, 3.63) is 24.3 Å². The van der Waals surface area contributed by atoms with Gasteiger partial charge >= 0.3 is 0 Å². The summed E-state index contributed by atoms with van der Waals surface area (Å²) in [5.74, 6) is 0. The van der Waals surface area contributed by atoms with Crippen LogP contribution < -0.4 is 5.32 Å². The first-order valence-corrected chi connectivity index (χ1v) is 5.50. The van der Waals surface area contributed by atoms with Crippen LogP contribution in [0.4, 0.5) is 0 Å². The average molecular weight is 223 g/mol. The van der Waals surface area contributed by atoms with Crippen LogP contribution in [-0.4, -0.2) is 39.9 Å². The molecule has 0 aromatic carbocycles. The van der Waals surface area contributed by atoms with E-state index in [-0.39, 0.29) is 6.10 Å². The van der Waals surface area contributed by atoms with Crippen LogP contribution >= 0.6 is 0 Å². The van der Waals surface area contributed by atoms with E-state index in [1.54, 1.807) is 18.6 Å². The molecule has 1 aromatic rings. The normalized spacial score (nSPS) is 29.5. The predicted molar refractivity (Wildman–Crippen MR) is 58.7 cm³/mol. The van der Waals surface area contributed by atoms with E-state index >= 15 is 0 Å². The maximum Gasteiger partial charge on any atom is 0.105 e. The average Bonchev–Trinajstić information content (AvgIpc) is 2.61. The molecule has 1 aromatic heterocycles. The van der Waals surface area contributed by atoms with Gasteiger partial charge in [0.25, 0.3) is 0 Å². The summed E-state index contributed by atoms with van der Waals surface area (Å²) in [6.07, 6.45) is 5.59. The molecule has 16 heavy (non-hydrogen) atoms. The van der Waals surface area contributed by atoms with Crippen molar-refractivity contribution < 1.29 is 9.84 Å². The summed E-state index contributed by atoms with van der Waals surface area (Å²) < 4.78 is 5.35. The molecule has 5 nitrogen and oxygen atoms in total. The molecule has 2 heterocycles. The van der Waals surface area contributed by atoms with Gasteiger partial charge in [-0.3, -0.25) is 9.97 Å². The van der Waals surface area contributed by atoms with Gasteiger partial charge in [-0.15, -0.1) is 0 Å². The minimum Gasteiger partial charge on any atom is -0.386 e. The largest absolute Gasteiger partial charge is 0.386 e. The summed E-state index contributed by atoms with van der Waals surface area (Å²) >= 11 is 0. The Morgan fingerprint density at radius 3 is 3.12 bits per heavy atom. The zero-order valence-electron chi connectivity index (χ0n) is 9.39. The second-order valence-electron chi connectivity index (χ2n) is 4.17. The Hall–Kier alpha value is -1.04. The molecular formula is C11H17N3O2. The quantitative estimate of drug-likeness (QED) is 0.758. The number of aliphatic hydroxyl groups is 1. The van der Waals surface area contributed by atoms with E-state index in [0.717, 1.165) is 5.69 Å². The number of ether oxygens (including phenoxy) is 1. The topological polar surface area (TPSA) is 67.3 Å². The molecule has 0 spiro atoms. The van der Waals surface area contributed by atoms with Crippen LogP contribution in [0.5, 0.6) is 0 Å². The molecule has 0 aliphatic carbocycles. The third-order valence-corrected chi connectivity index (χ3v) is 3.01. The molecule has 1 aliphatic rings. The van der Waals surface area contributed by atoms with Gasteiger partial charge in [-0.2, -0.15) is 0 Å².